The van der Waals surface area contributed by atoms with Gasteiger partial charge >= 0.3 is 0 Å². The summed E-state index contributed by atoms with van der Waals surface area (Å²) in [6.45, 7) is 4.43. The minimum absolute atomic E-state index is 0.434. The van der Waals surface area contributed by atoms with E-state index < -0.39 is 0 Å². The van der Waals surface area contributed by atoms with Gasteiger partial charge < -0.3 is 0 Å². The standard InChI is InChI=1S/C14H22O2/c1-9-7-11(15)3-5-13(9)14-6-4-12(16)8-10(14)2/h9-10,13-14H,3-8H2,1-2H3/t9-,10-,13-,14-/m0/s1. The molecule has 0 bridgehead atoms. The van der Waals surface area contributed by atoms with E-state index in [2.05, 4.69) is 13.8 Å². The fraction of sp³-hybridized carbons (Fsp3) is 0.857. The van der Waals surface area contributed by atoms with E-state index in [4.69, 9.17) is 0 Å². The molecule has 2 aliphatic rings. The number of rotatable bonds is 1. The summed E-state index contributed by atoms with van der Waals surface area (Å²) in [5.74, 6) is 3.29. The van der Waals surface area contributed by atoms with E-state index in [1.807, 2.05) is 0 Å². The van der Waals surface area contributed by atoms with Crippen LogP contribution in [0.1, 0.15) is 52.4 Å². The van der Waals surface area contributed by atoms with Gasteiger partial charge in [0, 0.05) is 25.7 Å². The predicted octanol–water partition coefficient (Wildman–Crippen LogP) is 3.00. The van der Waals surface area contributed by atoms with Crippen LogP contribution in [0.4, 0.5) is 0 Å². The molecule has 2 nitrogen and oxygen atoms in total. The smallest absolute Gasteiger partial charge is 0.133 e. The van der Waals surface area contributed by atoms with E-state index in [1.54, 1.807) is 0 Å². The largest absolute Gasteiger partial charge is 0.300 e. The maximum Gasteiger partial charge on any atom is 0.133 e. The van der Waals surface area contributed by atoms with Crippen LogP contribution in [-0.2, 0) is 9.59 Å². The van der Waals surface area contributed by atoms with Gasteiger partial charge in [-0.1, -0.05) is 13.8 Å². The van der Waals surface area contributed by atoms with Crippen LogP contribution in [0, 0.1) is 23.7 Å². The van der Waals surface area contributed by atoms with Crippen molar-refractivity contribution < 1.29 is 9.59 Å². The molecule has 0 radical (unpaired) electrons. The van der Waals surface area contributed by atoms with Crippen molar-refractivity contribution in [3.8, 4) is 0 Å². The topological polar surface area (TPSA) is 34.1 Å². The Morgan fingerprint density at radius 3 is 1.50 bits per heavy atom. The Labute approximate surface area is 97.8 Å². The summed E-state index contributed by atoms with van der Waals surface area (Å²) in [6.07, 6.45) is 5.19. The van der Waals surface area contributed by atoms with Crippen molar-refractivity contribution in [2.45, 2.75) is 52.4 Å². The maximum absolute atomic E-state index is 11.4. The van der Waals surface area contributed by atoms with E-state index >= 15 is 0 Å². The van der Waals surface area contributed by atoms with E-state index in [0.717, 1.165) is 38.5 Å². The Kier molecular flexibility index (Phi) is 3.46. The van der Waals surface area contributed by atoms with Gasteiger partial charge in [-0.25, -0.2) is 0 Å². The van der Waals surface area contributed by atoms with E-state index in [1.165, 1.54) is 0 Å². The summed E-state index contributed by atoms with van der Waals surface area (Å²) in [6, 6.07) is 0. The van der Waals surface area contributed by atoms with Gasteiger partial charge in [0.25, 0.3) is 0 Å². The number of ketones is 2. The molecule has 0 heterocycles. The zero-order valence-electron chi connectivity index (χ0n) is 10.4. The van der Waals surface area contributed by atoms with Gasteiger partial charge in [0.05, 0.1) is 0 Å². The first-order chi connectivity index (χ1) is 7.58. The summed E-state index contributed by atoms with van der Waals surface area (Å²) in [5.41, 5.74) is 0. The third-order valence-electron chi connectivity index (χ3n) is 4.62. The lowest BCUT2D eigenvalue weighted by atomic mass is 9.64. The minimum atomic E-state index is 0.434. The molecule has 0 N–H and O–H groups in total. The molecule has 2 aliphatic carbocycles. The van der Waals surface area contributed by atoms with E-state index in [9.17, 15) is 9.59 Å². The molecule has 2 rings (SSSR count). The van der Waals surface area contributed by atoms with Gasteiger partial charge in [-0.15, -0.1) is 0 Å². The molecule has 0 aromatic carbocycles. The van der Waals surface area contributed by atoms with Gasteiger partial charge in [-0.3, -0.25) is 9.59 Å². The number of carbonyl (C=O) groups is 2. The number of Topliss-reactive ketones (excluding diaryl/α,β-unsaturated/α-hetero) is 2. The Balaban J connectivity index is 2.01. The highest BCUT2D eigenvalue weighted by atomic mass is 16.1. The molecule has 0 spiro atoms. The molecule has 0 aliphatic heterocycles. The van der Waals surface area contributed by atoms with Gasteiger partial charge in [-0.05, 0) is 36.5 Å². The Hall–Kier alpha value is -0.660. The van der Waals surface area contributed by atoms with Crippen LogP contribution in [-0.4, -0.2) is 11.6 Å². The summed E-state index contributed by atoms with van der Waals surface area (Å²) in [4.78, 5) is 22.8. The van der Waals surface area contributed by atoms with Crippen molar-refractivity contribution in [3.05, 3.63) is 0 Å². The van der Waals surface area contributed by atoms with Crippen LogP contribution in [0.15, 0.2) is 0 Å². The molecular formula is C14H22O2. The molecular weight excluding hydrogens is 200 g/mol. The molecule has 2 saturated carbocycles. The predicted molar refractivity (Wildman–Crippen MR) is 63.0 cm³/mol. The molecule has 0 saturated heterocycles. The highest BCUT2D eigenvalue weighted by Crippen LogP contribution is 2.42. The molecule has 4 atom stereocenters. The molecule has 0 unspecified atom stereocenters. The third kappa shape index (κ3) is 2.36. The van der Waals surface area contributed by atoms with Crippen molar-refractivity contribution in [1.29, 1.82) is 0 Å². The zero-order valence-corrected chi connectivity index (χ0v) is 10.4. The highest BCUT2D eigenvalue weighted by Gasteiger charge is 2.37. The molecule has 90 valence electrons. The average Bonchev–Trinajstić information content (AvgIpc) is 2.19. The first kappa shape index (κ1) is 11.8. The SMILES string of the molecule is C[C@H]1CC(=O)CC[C@@H]1[C@H]1CCC(=O)C[C@@H]1C. The lowest BCUT2D eigenvalue weighted by molar-refractivity contribution is -0.127. The molecule has 0 aromatic heterocycles. The van der Waals surface area contributed by atoms with Crippen LogP contribution in [0.2, 0.25) is 0 Å². The minimum Gasteiger partial charge on any atom is -0.300 e. The molecule has 0 aromatic rings. The summed E-state index contributed by atoms with van der Waals surface area (Å²) in [7, 11) is 0. The van der Waals surface area contributed by atoms with Crippen molar-refractivity contribution in [2.75, 3.05) is 0 Å². The monoisotopic (exact) mass is 222 g/mol. The summed E-state index contributed by atoms with van der Waals surface area (Å²) >= 11 is 0. The normalized spacial score (nSPS) is 41.1. The summed E-state index contributed by atoms with van der Waals surface area (Å²) < 4.78 is 0. The lowest BCUT2D eigenvalue weighted by Gasteiger charge is -2.40. The molecule has 16 heavy (non-hydrogen) atoms. The fourth-order valence-corrected chi connectivity index (χ4v) is 3.72. The second-order valence-corrected chi connectivity index (χ2v) is 5.85. The van der Waals surface area contributed by atoms with Gasteiger partial charge in [0.1, 0.15) is 11.6 Å². The molecule has 2 fully saturated rings. The zero-order chi connectivity index (χ0) is 11.7. The fourth-order valence-electron chi connectivity index (χ4n) is 3.72. The van der Waals surface area contributed by atoms with Crippen LogP contribution in [0.25, 0.3) is 0 Å². The highest BCUT2D eigenvalue weighted by molar-refractivity contribution is 5.80. The molecule has 2 heteroatoms. The van der Waals surface area contributed by atoms with Crippen LogP contribution >= 0.6 is 0 Å². The van der Waals surface area contributed by atoms with Gasteiger partial charge in [0.15, 0.2) is 0 Å². The number of hydrogen-bond acceptors (Lipinski definition) is 2. The quantitative estimate of drug-likeness (QED) is 0.683. The van der Waals surface area contributed by atoms with Crippen LogP contribution in [0.3, 0.4) is 0 Å². The van der Waals surface area contributed by atoms with Crippen molar-refractivity contribution in [2.24, 2.45) is 23.7 Å². The van der Waals surface area contributed by atoms with Crippen LogP contribution < -0.4 is 0 Å². The first-order valence-corrected chi connectivity index (χ1v) is 6.61. The summed E-state index contributed by atoms with van der Waals surface area (Å²) in [5, 5.41) is 0. The van der Waals surface area contributed by atoms with Crippen molar-refractivity contribution >= 4 is 11.6 Å². The average molecular weight is 222 g/mol. The van der Waals surface area contributed by atoms with Crippen molar-refractivity contribution in [3.63, 3.8) is 0 Å². The Morgan fingerprint density at radius 1 is 0.812 bits per heavy atom. The molecule has 0 amide bonds. The second-order valence-electron chi connectivity index (χ2n) is 5.85. The lowest BCUT2D eigenvalue weighted by Crippen LogP contribution is -2.35. The van der Waals surface area contributed by atoms with E-state index in [0.29, 0.717) is 35.2 Å². The number of hydrogen-bond donors (Lipinski definition) is 0. The Morgan fingerprint density at radius 2 is 1.19 bits per heavy atom. The van der Waals surface area contributed by atoms with Gasteiger partial charge in [0.2, 0.25) is 0 Å². The van der Waals surface area contributed by atoms with E-state index in [-0.39, 0.29) is 0 Å². The Bertz CT molecular complexity index is 265. The van der Waals surface area contributed by atoms with Gasteiger partial charge in [-0.2, -0.15) is 0 Å². The maximum atomic E-state index is 11.4. The third-order valence-corrected chi connectivity index (χ3v) is 4.62. The first-order valence-electron chi connectivity index (χ1n) is 6.61. The van der Waals surface area contributed by atoms with Crippen LogP contribution in [0.5, 0.6) is 0 Å². The van der Waals surface area contributed by atoms with Crippen molar-refractivity contribution in [1.82, 2.24) is 0 Å². The number of carbonyl (C=O) groups excluding carboxylic acids is 2. The second kappa shape index (κ2) is 4.68.